The maximum Gasteiger partial charge on any atom is 0.416 e. The van der Waals surface area contributed by atoms with E-state index in [1.165, 1.54) is 13.2 Å². The van der Waals surface area contributed by atoms with E-state index in [2.05, 4.69) is 10.1 Å². The smallest absolute Gasteiger partial charge is 0.416 e. The fraction of sp³-hybridized carbons (Fsp3) is 0.333. The Morgan fingerprint density at radius 2 is 1.77 bits per heavy atom. The van der Waals surface area contributed by atoms with Crippen LogP contribution >= 0.6 is 0 Å². The molecule has 3 rings (SSSR count). The van der Waals surface area contributed by atoms with Crippen LogP contribution < -0.4 is 15.1 Å². The van der Waals surface area contributed by atoms with E-state index in [4.69, 9.17) is 0 Å². The molecule has 0 aliphatic carbocycles. The van der Waals surface area contributed by atoms with Gasteiger partial charge in [0.15, 0.2) is 6.54 Å². The van der Waals surface area contributed by atoms with Gasteiger partial charge in [0.1, 0.15) is 0 Å². The summed E-state index contributed by atoms with van der Waals surface area (Å²) in [5.74, 6) is -0.612. The first-order valence-electron chi connectivity index (χ1n) is 9.50. The second kappa shape index (κ2) is 9.17. The molecule has 0 radical (unpaired) electrons. The van der Waals surface area contributed by atoms with Crippen LogP contribution in [-0.4, -0.2) is 51.7 Å². The first kappa shape index (κ1) is 21.6. The van der Waals surface area contributed by atoms with Gasteiger partial charge in [0.05, 0.1) is 44.4 Å². The number of carbonyl (C=O) groups is 2. The lowest BCUT2D eigenvalue weighted by Gasteiger charge is -2.33. The zero-order valence-corrected chi connectivity index (χ0v) is 16.5. The van der Waals surface area contributed by atoms with Crippen molar-refractivity contribution in [3.05, 3.63) is 59.7 Å². The van der Waals surface area contributed by atoms with Crippen molar-refractivity contribution in [3.63, 3.8) is 0 Å². The van der Waals surface area contributed by atoms with Gasteiger partial charge in [-0.05, 0) is 42.5 Å². The average molecular weight is 422 g/mol. The second-order valence-electron chi connectivity index (χ2n) is 7.08. The van der Waals surface area contributed by atoms with Crippen LogP contribution in [0.2, 0.25) is 0 Å². The summed E-state index contributed by atoms with van der Waals surface area (Å²) in [6, 6.07) is 11.7. The SMILES string of the molecule is COC(=O)c1ccc(NC(=O)C[NH+]2CCN(c3cccc(C(F)(F)F)c3)CC2)cc1. The number of nitrogens with zero attached hydrogens (tertiary/aromatic N) is 1. The maximum absolute atomic E-state index is 12.9. The Hall–Kier alpha value is -3.07. The highest BCUT2D eigenvalue weighted by molar-refractivity contribution is 5.93. The van der Waals surface area contributed by atoms with Crippen molar-refractivity contribution < 1.29 is 32.4 Å². The molecule has 1 aliphatic rings. The Morgan fingerprint density at radius 1 is 1.10 bits per heavy atom. The molecule has 9 heteroatoms. The van der Waals surface area contributed by atoms with Gasteiger partial charge in [0.2, 0.25) is 0 Å². The monoisotopic (exact) mass is 422 g/mol. The standard InChI is InChI=1S/C21H22F3N3O3/c1-30-20(29)15-5-7-17(8-6-15)25-19(28)14-26-9-11-27(12-10-26)18-4-2-3-16(13-18)21(22,23)24/h2-8,13H,9-12,14H2,1H3,(H,25,28)/p+1. The van der Waals surface area contributed by atoms with Crippen LogP contribution in [-0.2, 0) is 15.7 Å². The van der Waals surface area contributed by atoms with Crippen LogP contribution in [0.1, 0.15) is 15.9 Å². The molecule has 160 valence electrons. The summed E-state index contributed by atoms with van der Waals surface area (Å²) >= 11 is 0. The van der Waals surface area contributed by atoms with Gasteiger partial charge in [-0.1, -0.05) is 6.07 Å². The van der Waals surface area contributed by atoms with Gasteiger partial charge < -0.3 is 19.9 Å². The van der Waals surface area contributed by atoms with Crippen molar-refractivity contribution in [1.82, 2.24) is 0 Å². The zero-order valence-electron chi connectivity index (χ0n) is 16.5. The van der Waals surface area contributed by atoms with Crippen LogP contribution in [0.15, 0.2) is 48.5 Å². The summed E-state index contributed by atoms with van der Waals surface area (Å²) < 4.78 is 43.4. The Kier molecular flexibility index (Phi) is 6.61. The summed E-state index contributed by atoms with van der Waals surface area (Å²) in [7, 11) is 1.30. The lowest BCUT2D eigenvalue weighted by molar-refractivity contribution is -0.892. The van der Waals surface area contributed by atoms with Gasteiger partial charge in [0.25, 0.3) is 5.91 Å². The van der Waals surface area contributed by atoms with Crippen molar-refractivity contribution in [3.8, 4) is 0 Å². The molecule has 2 aromatic rings. The number of carbonyl (C=O) groups excluding carboxylic acids is 2. The first-order valence-corrected chi connectivity index (χ1v) is 9.50. The molecule has 2 N–H and O–H groups in total. The van der Waals surface area contributed by atoms with Crippen molar-refractivity contribution in [2.24, 2.45) is 0 Å². The number of methoxy groups -OCH3 is 1. The van der Waals surface area contributed by atoms with Crippen LogP contribution in [0.4, 0.5) is 24.5 Å². The Balaban J connectivity index is 1.50. The molecule has 1 saturated heterocycles. The van der Waals surface area contributed by atoms with E-state index in [1.807, 2.05) is 4.90 Å². The van der Waals surface area contributed by atoms with Crippen molar-refractivity contribution in [2.45, 2.75) is 6.18 Å². The first-order chi connectivity index (χ1) is 14.3. The molecule has 0 aromatic heterocycles. The summed E-state index contributed by atoms with van der Waals surface area (Å²) in [5.41, 5.74) is 0.855. The van der Waals surface area contributed by atoms with Crippen molar-refractivity contribution in [1.29, 1.82) is 0 Å². The third-order valence-electron chi connectivity index (χ3n) is 5.01. The van der Waals surface area contributed by atoms with E-state index in [0.29, 0.717) is 43.1 Å². The summed E-state index contributed by atoms with van der Waals surface area (Å²) in [6.45, 7) is 2.68. The number of alkyl halides is 3. The number of rotatable bonds is 5. The predicted molar refractivity (Wildman–Crippen MR) is 106 cm³/mol. The minimum atomic E-state index is -4.36. The number of hydrogen-bond donors (Lipinski definition) is 2. The van der Waals surface area contributed by atoms with E-state index in [-0.39, 0.29) is 12.5 Å². The van der Waals surface area contributed by atoms with Crippen LogP contribution in [0.3, 0.4) is 0 Å². The van der Waals surface area contributed by atoms with E-state index in [1.54, 1.807) is 30.3 Å². The lowest BCUT2D eigenvalue weighted by Crippen LogP contribution is -3.15. The van der Waals surface area contributed by atoms with Gasteiger partial charge >= 0.3 is 12.1 Å². The number of nitrogens with one attached hydrogen (secondary N) is 2. The largest absolute Gasteiger partial charge is 0.465 e. The number of esters is 1. The molecule has 2 aromatic carbocycles. The number of quaternary nitrogens is 1. The summed E-state index contributed by atoms with van der Waals surface area (Å²) in [6.07, 6.45) is -4.36. The zero-order chi connectivity index (χ0) is 21.7. The average Bonchev–Trinajstić information content (AvgIpc) is 2.73. The molecular weight excluding hydrogens is 399 g/mol. The van der Waals surface area contributed by atoms with Crippen LogP contribution in [0.25, 0.3) is 0 Å². The highest BCUT2D eigenvalue weighted by atomic mass is 19.4. The van der Waals surface area contributed by atoms with Gasteiger partial charge in [-0.15, -0.1) is 0 Å². The third kappa shape index (κ3) is 5.50. The molecule has 1 fully saturated rings. The molecule has 0 unspecified atom stereocenters. The van der Waals surface area contributed by atoms with E-state index < -0.39 is 17.7 Å². The van der Waals surface area contributed by atoms with E-state index in [0.717, 1.165) is 17.0 Å². The quantitative estimate of drug-likeness (QED) is 0.722. The molecule has 0 saturated carbocycles. The molecular formula is C21H23F3N3O3+. The highest BCUT2D eigenvalue weighted by Gasteiger charge is 2.31. The number of piperazine rings is 1. The minimum absolute atomic E-state index is 0.164. The number of amides is 1. The second-order valence-corrected chi connectivity index (χ2v) is 7.08. The van der Waals surface area contributed by atoms with Crippen molar-refractivity contribution in [2.75, 3.05) is 50.1 Å². The molecule has 1 aliphatic heterocycles. The van der Waals surface area contributed by atoms with E-state index >= 15 is 0 Å². The molecule has 0 spiro atoms. The summed E-state index contributed by atoms with van der Waals surface area (Å²) in [5, 5.41) is 2.79. The van der Waals surface area contributed by atoms with Crippen molar-refractivity contribution >= 4 is 23.3 Å². The number of halogens is 3. The molecule has 0 atom stereocenters. The lowest BCUT2D eigenvalue weighted by atomic mass is 10.1. The fourth-order valence-corrected chi connectivity index (χ4v) is 3.38. The fourth-order valence-electron chi connectivity index (χ4n) is 3.38. The van der Waals surface area contributed by atoms with Gasteiger partial charge in [-0.2, -0.15) is 13.2 Å². The molecule has 1 amide bonds. The van der Waals surface area contributed by atoms with E-state index in [9.17, 15) is 22.8 Å². The Labute approximate surface area is 172 Å². The number of hydrogen-bond acceptors (Lipinski definition) is 4. The maximum atomic E-state index is 12.9. The number of ether oxygens (including phenoxy) is 1. The van der Waals surface area contributed by atoms with Gasteiger partial charge in [-0.3, -0.25) is 4.79 Å². The topological polar surface area (TPSA) is 63.1 Å². The number of benzene rings is 2. The molecule has 1 heterocycles. The third-order valence-corrected chi connectivity index (χ3v) is 5.01. The van der Waals surface area contributed by atoms with Gasteiger partial charge in [0, 0.05) is 11.4 Å². The minimum Gasteiger partial charge on any atom is -0.465 e. The van der Waals surface area contributed by atoms with Gasteiger partial charge in [-0.25, -0.2) is 4.79 Å². The Morgan fingerprint density at radius 3 is 2.37 bits per heavy atom. The van der Waals surface area contributed by atoms with Crippen LogP contribution in [0, 0.1) is 0 Å². The molecule has 30 heavy (non-hydrogen) atoms. The summed E-state index contributed by atoms with van der Waals surface area (Å²) in [4.78, 5) is 26.7. The predicted octanol–water partition coefficient (Wildman–Crippen LogP) is 1.84. The molecule has 0 bridgehead atoms. The number of anilines is 2. The molecule has 6 nitrogen and oxygen atoms in total. The highest BCUT2D eigenvalue weighted by Crippen LogP contribution is 2.31. The Bertz CT molecular complexity index is 892. The van der Waals surface area contributed by atoms with Crippen LogP contribution in [0.5, 0.6) is 0 Å². The normalized spacial score (nSPS) is 15.0.